The predicted octanol–water partition coefficient (Wildman–Crippen LogP) is 4.69. The van der Waals surface area contributed by atoms with Crippen LogP contribution in [0.1, 0.15) is 56.5 Å². The summed E-state index contributed by atoms with van der Waals surface area (Å²) in [5, 5.41) is 23.9. The minimum atomic E-state index is -0.522. The van der Waals surface area contributed by atoms with E-state index in [0.29, 0.717) is 67.0 Å². The number of anilines is 2. The molecule has 50 heavy (non-hydrogen) atoms. The van der Waals surface area contributed by atoms with E-state index in [4.69, 9.17) is 14.2 Å². The molecule has 2 aliphatic heterocycles. The van der Waals surface area contributed by atoms with E-state index >= 15 is 0 Å². The molecule has 4 aromatic rings. The second-order valence-electron chi connectivity index (χ2n) is 13.7. The van der Waals surface area contributed by atoms with E-state index in [1.165, 1.54) is 6.33 Å². The minimum Gasteiger partial charge on any atom is -0.495 e. The van der Waals surface area contributed by atoms with Crippen LogP contribution >= 0.6 is 0 Å². The number of nitrogens with one attached hydrogen (secondary N) is 1. The Kier molecular flexibility index (Phi) is 9.54. The van der Waals surface area contributed by atoms with Gasteiger partial charge in [-0.3, -0.25) is 4.79 Å². The number of carbonyl (C=O) groups is 2. The van der Waals surface area contributed by atoms with Crippen molar-refractivity contribution >= 4 is 23.6 Å². The Bertz CT molecular complexity index is 1870. The molecule has 1 atom stereocenters. The van der Waals surface area contributed by atoms with Gasteiger partial charge in [0.2, 0.25) is 5.95 Å². The number of likely N-dealkylation sites (tertiary alicyclic amines) is 2. The topological polar surface area (TPSA) is 174 Å². The lowest BCUT2D eigenvalue weighted by Gasteiger charge is -2.53. The summed E-state index contributed by atoms with van der Waals surface area (Å²) in [6, 6.07) is 12.7. The molecule has 2 aromatic carbocycles. The van der Waals surface area contributed by atoms with Crippen LogP contribution in [0.15, 0.2) is 55.1 Å². The number of aromatic nitrogens is 6. The fourth-order valence-corrected chi connectivity index (χ4v) is 6.16. The molecule has 0 aliphatic carbocycles. The average molecular weight is 681 g/mol. The van der Waals surface area contributed by atoms with Crippen LogP contribution in [0, 0.1) is 16.7 Å². The molecule has 1 unspecified atom stereocenters. The smallest absolute Gasteiger partial charge is 0.410 e. The third-order valence-electron chi connectivity index (χ3n) is 8.76. The van der Waals surface area contributed by atoms with Gasteiger partial charge in [0, 0.05) is 55.1 Å². The second-order valence-corrected chi connectivity index (χ2v) is 13.7. The molecule has 2 fully saturated rings. The van der Waals surface area contributed by atoms with E-state index in [0.717, 1.165) is 24.0 Å². The molecule has 0 bridgehead atoms. The highest BCUT2D eigenvalue weighted by Crippen LogP contribution is 2.41. The van der Waals surface area contributed by atoms with Crippen LogP contribution in [-0.4, -0.2) is 97.0 Å². The summed E-state index contributed by atoms with van der Waals surface area (Å²) in [7, 11) is 1.55. The number of rotatable bonds is 9. The van der Waals surface area contributed by atoms with E-state index in [9.17, 15) is 14.9 Å². The Morgan fingerprint density at radius 1 is 1.02 bits per heavy atom. The number of piperidine rings is 1. The van der Waals surface area contributed by atoms with Crippen LogP contribution in [0.5, 0.6) is 11.5 Å². The van der Waals surface area contributed by atoms with Crippen LogP contribution in [0.2, 0.25) is 0 Å². The SMILES string of the molecule is COc1cc(C(=O)N2CCC3(CC2)CN(C(=O)OC(C)(C)C)C3)ccc1Nc1ncc(-c2ccc(C#N)c(OC(C)Cn3cnnn3)c2)cn1. The zero-order valence-electron chi connectivity index (χ0n) is 28.8. The molecular formula is C35H40N10O5. The van der Waals surface area contributed by atoms with Gasteiger partial charge in [0.05, 0.1) is 24.9 Å². The quantitative estimate of drug-likeness (QED) is 0.259. The molecule has 260 valence electrons. The first-order valence-corrected chi connectivity index (χ1v) is 16.4. The highest BCUT2D eigenvalue weighted by molar-refractivity contribution is 5.95. The maximum Gasteiger partial charge on any atom is 0.410 e. The number of amides is 2. The molecule has 2 amide bonds. The van der Waals surface area contributed by atoms with Gasteiger partial charge in [0.15, 0.2) is 0 Å². The van der Waals surface area contributed by atoms with E-state index in [1.807, 2.05) is 38.7 Å². The van der Waals surface area contributed by atoms with Gasteiger partial charge in [-0.25, -0.2) is 19.4 Å². The Morgan fingerprint density at radius 2 is 1.76 bits per heavy atom. The second kappa shape index (κ2) is 14.0. The van der Waals surface area contributed by atoms with Crippen LogP contribution in [-0.2, 0) is 11.3 Å². The molecule has 6 rings (SSSR count). The number of methoxy groups -OCH3 is 1. The zero-order valence-corrected chi connectivity index (χ0v) is 28.8. The molecule has 0 radical (unpaired) electrons. The summed E-state index contributed by atoms with van der Waals surface area (Å²) in [6.45, 7) is 10.4. The van der Waals surface area contributed by atoms with Gasteiger partial charge in [-0.2, -0.15) is 5.26 Å². The Morgan fingerprint density at radius 3 is 2.40 bits per heavy atom. The maximum absolute atomic E-state index is 13.5. The predicted molar refractivity (Wildman–Crippen MR) is 182 cm³/mol. The lowest BCUT2D eigenvalue weighted by molar-refractivity contribution is -0.0563. The molecule has 2 aliphatic rings. The number of hydrogen-bond donors (Lipinski definition) is 1. The van der Waals surface area contributed by atoms with Crippen molar-refractivity contribution in [1.29, 1.82) is 5.26 Å². The van der Waals surface area contributed by atoms with Crippen molar-refractivity contribution in [3.8, 4) is 28.7 Å². The third-order valence-corrected chi connectivity index (χ3v) is 8.76. The Balaban J connectivity index is 1.06. The number of nitriles is 1. The van der Waals surface area contributed by atoms with Gasteiger partial charge in [0.1, 0.15) is 35.6 Å². The van der Waals surface area contributed by atoms with Crippen molar-refractivity contribution < 1.29 is 23.8 Å². The van der Waals surface area contributed by atoms with Crippen LogP contribution in [0.4, 0.5) is 16.4 Å². The maximum atomic E-state index is 13.5. The Labute approximate surface area is 290 Å². The normalized spacial score (nSPS) is 15.8. The fraction of sp³-hybridized carbons (Fsp3) is 0.429. The number of ether oxygens (including phenoxy) is 3. The highest BCUT2D eigenvalue weighted by Gasteiger charge is 2.48. The monoisotopic (exact) mass is 680 g/mol. The number of carbonyl (C=O) groups excluding carboxylic acids is 2. The first-order chi connectivity index (χ1) is 23.9. The third kappa shape index (κ3) is 7.75. The van der Waals surface area contributed by atoms with Gasteiger partial charge in [0.25, 0.3) is 5.91 Å². The van der Waals surface area contributed by atoms with Crippen LogP contribution < -0.4 is 14.8 Å². The van der Waals surface area contributed by atoms with Crippen molar-refractivity contribution in [3.05, 3.63) is 66.2 Å². The van der Waals surface area contributed by atoms with Crippen LogP contribution in [0.25, 0.3) is 11.1 Å². The fourth-order valence-electron chi connectivity index (χ4n) is 6.16. The molecule has 1 N–H and O–H groups in total. The first-order valence-electron chi connectivity index (χ1n) is 16.4. The van der Waals surface area contributed by atoms with Crippen LogP contribution in [0.3, 0.4) is 0 Å². The summed E-state index contributed by atoms with van der Waals surface area (Å²) < 4.78 is 18.7. The lowest BCUT2D eigenvalue weighted by atomic mass is 9.72. The van der Waals surface area contributed by atoms with Gasteiger partial charge >= 0.3 is 6.09 Å². The van der Waals surface area contributed by atoms with Crippen molar-refractivity contribution in [3.63, 3.8) is 0 Å². The summed E-state index contributed by atoms with van der Waals surface area (Å²) in [4.78, 5) is 38.4. The molecule has 0 saturated carbocycles. The van der Waals surface area contributed by atoms with Gasteiger partial charge in [-0.1, -0.05) is 6.07 Å². The van der Waals surface area contributed by atoms with Gasteiger partial charge in [-0.15, -0.1) is 5.10 Å². The Hall–Kier alpha value is -5.78. The molecule has 2 saturated heterocycles. The number of hydrogen-bond acceptors (Lipinski definition) is 12. The molecule has 15 heteroatoms. The van der Waals surface area contributed by atoms with Gasteiger partial charge < -0.3 is 29.3 Å². The molecule has 1 spiro atoms. The molecule has 15 nitrogen and oxygen atoms in total. The molecular weight excluding hydrogens is 640 g/mol. The van der Waals surface area contributed by atoms with E-state index in [1.54, 1.807) is 59.4 Å². The number of nitrogens with zero attached hydrogens (tertiary/aromatic N) is 9. The first kappa shape index (κ1) is 34.1. The van der Waals surface area contributed by atoms with Crippen molar-refractivity contribution in [1.82, 2.24) is 40.0 Å². The zero-order chi connectivity index (χ0) is 35.5. The molecule has 2 aromatic heterocycles. The number of tetrazole rings is 1. The van der Waals surface area contributed by atoms with Crippen molar-refractivity contribution in [2.75, 3.05) is 38.6 Å². The highest BCUT2D eigenvalue weighted by atomic mass is 16.6. The van der Waals surface area contributed by atoms with E-state index < -0.39 is 5.60 Å². The number of benzene rings is 2. The summed E-state index contributed by atoms with van der Waals surface area (Å²) >= 11 is 0. The minimum absolute atomic E-state index is 0.0423. The average Bonchev–Trinajstić information content (AvgIpc) is 3.59. The molecule has 4 heterocycles. The van der Waals surface area contributed by atoms with Gasteiger partial charge in [-0.05, 0) is 86.9 Å². The standard InChI is InChI=1S/C35H40N10O5/c1-23(19-45-22-39-41-42-45)49-29-14-24(6-7-26(29)16-36)27-17-37-32(38-18-27)40-28-9-8-25(15-30(28)48-5)31(46)43-12-10-35(11-13-43)20-44(21-35)33(47)50-34(2,3)4/h6-9,14-15,17-18,22-23H,10-13,19-21H2,1-5H3,(H,37,38,40). The summed E-state index contributed by atoms with van der Waals surface area (Å²) in [5.41, 5.74) is 2.56. The summed E-state index contributed by atoms with van der Waals surface area (Å²) in [6.07, 6.45) is 5.94. The summed E-state index contributed by atoms with van der Waals surface area (Å²) in [5.74, 6) is 1.19. The van der Waals surface area contributed by atoms with E-state index in [-0.39, 0.29) is 23.5 Å². The largest absolute Gasteiger partial charge is 0.495 e. The van der Waals surface area contributed by atoms with Crippen molar-refractivity contribution in [2.45, 2.75) is 58.8 Å². The van der Waals surface area contributed by atoms with Crippen molar-refractivity contribution in [2.24, 2.45) is 5.41 Å². The van der Waals surface area contributed by atoms with E-state index in [2.05, 4.69) is 36.9 Å². The lowest BCUT2D eigenvalue weighted by Crippen LogP contribution is -2.62.